The van der Waals surface area contributed by atoms with Crippen molar-refractivity contribution >= 4 is 10.2 Å². The highest BCUT2D eigenvalue weighted by Gasteiger charge is 2.18. The van der Waals surface area contributed by atoms with Crippen LogP contribution in [0.15, 0.2) is 22.8 Å². The molecule has 0 aliphatic carbocycles. The monoisotopic (exact) mass is 218 g/mol. The predicted octanol–water partition coefficient (Wildman–Crippen LogP) is 0.737. The van der Waals surface area contributed by atoms with Crippen LogP contribution < -0.4 is 4.72 Å². The lowest BCUT2D eigenvalue weighted by Gasteiger charge is -2.16. The van der Waals surface area contributed by atoms with E-state index in [1.165, 1.54) is 20.4 Å². The quantitative estimate of drug-likeness (QED) is 0.810. The van der Waals surface area contributed by atoms with Gasteiger partial charge in [0.2, 0.25) is 0 Å². The maximum Gasteiger partial charge on any atom is 0.279 e. The van der Waals surface area contributed by atoms with Crippen molar-refractivity contribution in [3.63, 3.8) is 0 Å². The second-order valence-electron chi connectivity index (χ2n) is 3.14. The van der Waals surface area contributed by atoms with Crippen molar-refractivity contribution in [3.05, 3.63) is 24.2 Å². The molecular formula is C8H14N2O3S. The summed E-state index contributed by atoms with van der Waals surface area (Å²) in [6.45, 7) is 1.72. The van der Waals surface area contributed by atoms with E-state index in [-0.39, 0.29) is 6.04 Å². The fraction of sp³-hybridized carbons (Fsp3) is 0.500. The topological polar surface area (TPSA) is 62.6 Å². The van der Waals surface area contributed by atoms with E-state index in [1.807, 2.05) is 0 Å². The number of hydrogen-bond donors (Lipinski definition) is 1. The molecule has 0 aliphatic heterocycles. The Morgan fingerprint density at radius 2 is 2.14 bits per heavy atom. The highest BCUT2D eigenvalue weighted by atomic mass is 32.2. The number of furan rings is 1. The van der Waals surface area contributed by atoms with Gasteiger partial charge in [-0.2, -0.15) is 17.4 Å². The lowest BCUT2D eigenvalue weighted by Crippen LogP contribution is -2.36. The van der Waals surface area contributed by atoms with Crippen molar-refractivity contribution in [3.8, 4) is 0 Å². The molecule has 0 bridgehead atoms. The van der Waals surface area contributed by atoms with E-state index >= 15 is 0 Å². The van der Waals surface area contributed by atoms with Gasteiger partial charge < -0.3 is 4.42 Å². The second kappa shape index (κ2) is 4.12. The molecule has 6 heteroatoms. The molecule has 0 fully saturated rings. The summed E-state index contributed by atoms with van der Waals surface area (Å²) in [6, 6.07) is 3.08. The van der Waals surface area contributed by atoms with E-state index in [0.29, 0.717) is 5.76 Å². The van der Waals surface area contributed by atoms with E-state index in [9.17, 15) is 8.42 Å². The Balaban J connectivity index is 2.71. The van der Waals surface area contributed by atoms with Crippen molar-refractivity contribution in [1.82, 2.24) is 9.03 Å². The molecule has 1 rings (SSSR count). The fourth-order valence-corrected chi connectivity index (χ4v) is 1.70. The summed E-state index contributed by atoms with van der Waals surface area (Å²) in [7, 11) is -0.461. The van der Waals surface area contributed by atoms with Crippen LogP contribution in [0.25, 0.3) is 0 Å². The van der Waals surface area contributed by atoms with Gasteiger partial charge in [0.25, 0.3) is 10.2 Å². The normalized spacial score (nSPS) is 14.6. The maximum atomic E-state index is 11.4. The van der Waals surface area contributed by atoms with Crippen LogP contribution in [-0.4, -0.2) is 26.8 Å². The van der Waals surface area contributed by atoms with E-state index < -0.39 is 10.2 Å². The van der Waals surface area contributed by atoms with Gasteiger partial charge in [-0.15, -0.1) is 0 Å². The molecule has 0 saturated heterocycles. The number of hydrogen-bond acceptors (Lipinski definition) is 3. The van der Waals surface area contributed by atoms with Gasteiger partial charge in [-0.25, -0.2) is 0 Å². The van der Waals surface area contributed by atoms with E-state index in [0.717, 1.165) is 4.31 Å². The molecular weight excluding hydrogens is 204 g/mol. The largest absolute Gasteiger partial charge is 0.468 e. The third kappa shape index (κ3) is 2.57. The zero-order chi connectivity index (χ0) is 10.8. The molecule has 0 radical (unpaired) electrons. The van der Waals surface area contributed by atoms with Crippen molar-refractivity contribution in [2.24, 2.45) is 0 Å². The van der Waals surface area contributed by atoms with Gasteiger partial charge in [-0.3, -0.25) is 0 Å². The van der Waals surface area contributed by atoms with Gasteiger partial charge in [0, 0.05) is 14.1 Å². The SMILES string of the molecule is CC(NS(=O)(=O)N(C)C)c1ccco1. The van der Waals surface area contributed by atoms with Gasteiger partial charge in [-0.05, 0) is 19.1 Å². The first-order valence-corrected chi connectivity index (χ1v) is 5.60. The summed E-state index contributed by atoms with van der Waals surface area (Å²) in [5.41, 5.74) is 0. The van der Waals surface area contributed by atoms with Crippen LogP contribution in [0.3, 0.4) is 0 Å². The first-order valence-electron chi connectivity index (χ1n) is 4.16. The molecule has 1 atom stereocenters. The van der Waals surface area contributed by atoms with Crippen LogP contribution in [-0.2, 0) is 10.2 Å². The van der Waals surface area contributed by atoms with E-state index in [4.69, 9.17) is 4.42 Å². The fourth-order valence-electron chi connectivity index (χ4n) is 0.925. The van der Waals surface area contributed by atoms with Crippen molar-refractivity contribution in [2.45, 2.75) is 13.0 Å². The third-order valence-corrected chi connectivity index (χ3v) is 3.39. The summed E-state index contributed by atoms with van der Waals surface area (Å²) in [6.07, 6.45) is 1.51. The molecule has 1 heterocycles. The second-order valence-corrected chi connectivity index (χ2v) is 5.06. The molecule has 0 aromatic carbocycles. The van der Waals surface area contributed by atoms with Gasteiger partial charge in [-0.1, -0.05) is 0 Å². The van der Waals surface area contributed by atoms with Gasteiger partial charge >= 0.3 is 0 Å². The van der Waals surface area contributed by atoms with Gasteiger partial charge in [0.1, 0.15) is 5.76 Å². The Kier molecular flexibility index (Phi) is 3.30. The molecule has 1 aromatic heterocycles. The van der Waals surface area contributed by atoms with Crippen LogP contribution in [0.4, 0.5) is 0 Å². The molecule has 0 aliphatic rings. The van der Waals surface area contributed by atoms with Crippen molar-refractivity contribution in [2.75, 3.05) is 14.1 Å². The zero-order valence-corrected chi connectivity index (χ0v) is 9.21. The number of nitrogens with zero attached hydrogens (tertiary/aromatic N) is 1. The molecule has 14 heavy (non-hydrogen) atoms. The highest BCUT2D eigenvalue weighted by Crippen LogP contribution is 2.13. The first-order chi connectivity index (χ1) is 6.43. The van der Waals surface area contributed by atoms with Crippen LogP contribution >= 0.6 is 0 Å². The molecule has 5 nitrogen and oxygen atoms in total. The van der Waals surface area contributed by atoms with Gasteiger partial charge in [0.15, 0.2) is 0 Å². The Morgan fingerprint density at radius 3 is 2.57 bits per heavy atom. The van der Waals surface area contributed by atoms with E-state index in [2.05, 4.69) is 4.72 Å². The Labute approximate surface area is 83.9 Å². The van der Waals surface area contributed by atoms with Crippen molar-refractivity contribution in [1.29, 1.82) is 0 Å². The molecule has 0 saturated carbocycles. The number of nitrogens with one attached hydrogen (secondary N) is 1. The first kappa shape index (κ1) is 11.2. The third-order valence-electron chi connectivity index (χ3n) is 1.78. The molecule has 1 unspecified atom stereocenters. The van der Waals surface area contributed by atoms with Crippen LogP contribution in [0, 0.1) is 0 Å². The minimum absolute atomic E-state index is 0.364. The predicted molar refractivity (Wildman–Crippen MR) is 52.9 cm³/mol. The average molecular weight is 218 g/mol. The Hall–Kier alpha value is -0.850. The zero-order valence-electron chi connectivity index (χ0n) is 8.39. The minimum Gasteiger partial charge on any atom is -0.468 e. The van der Waals surface area contributed by atoms with Crippen LogP contribution in [0.1, 0.15) is 18.7 Å². The summed E-state index contributed by atoms with van der Waals surface area (Å²) < 4.78 is 31.5. The average Bonchev–Trinajstić information content (AvgIpc) is 2.54. The molecule has 80 valence electrons. The molecule has 1 N–H and O–H groups in total. The molecule has 0 amide bonds. The van der Waals surface area contributed by atoms with E-state index in [1.54, 1.807) is 19.1 Å². The molecule has 0 spiro atoms. The Bertz CT molecular complexity index is 369. The maximum absolute atomic E-state index is 11.4. The van der Waals surface area contributed by atoms with Crippen LogP contribution in [0.5, 0.6) is 0 Å². The van der Waals surface area contributed by atoms with Crippen molar-refractivity contribution < 1.29 is 12.8 Å². The summed E-state index contributed by atoms with van der Waals surface area (Å²) >= 11 is 0. The highest BCUT2D eigenvalue weighted by molar-refractivity contribution is 7.87. The Morgan fingerprint density at radius 1 is 1.50 bits per heavy atom. The summed E-state index contributed by atoms with van der Waals surface area (Å²) in [4.78, 5) is 0. The smallest absolute Gasteiger partial charge is 0.279 e. The van der Waals surface area contributed by atoms with Gasteiger partial charge in [0.05, 0.1) is 12.3 Å². The standard InChI is InChI=1S/C8H14N2O3S/c1-7(8-5-4-6-13-8)9-14(11,12)10(2)3/h4-7,9H,1-3H3. The minimum atomic E-state index is -3.40. The summed E-state index contributed by atoms with van der Waals surface area (Å²) in [5.74, 6) is 0.593. The number of rotatable bonds is 4. The van der Waals surface area contributed by atoms with Crippen LogP contribution in [0.2, 0.25) is 0 Å². The lowest BCUT2D eigenvalue weighted by atomic mass is 10.3. The lowest BCUT2D eigenvalue weighted by molar-refractivity contribution is 0.444. The molecule has 1 aromatic rings. The summed E-state index contributed by atoms with van der Waals surface area (Å²) in [5, 5.41) is 0.